The van der Waals surface area contributed by atoms with E-state index in [0.29, 0.717) is 11.3 Å². The van der Waals surface area contributed by atoms with Gasteiger partial charge < -0.3 is 5.32 Å². The summed E-state index contributed by atoms with van der Waals surface area (Å²) in [4.78, 5) is 27.5. The minimum atomic E-state index is -0.572. The van der Waals surface area contributed by atoms with Crippen LogP contribution in [0.1, 0.15) is 28.8 Å². The highest BCUT2D eigenvalue weighted by atomic mass is 16.5. The molecule has 0 fully saturated rings. The molecule has 0 aliphatic heterocycles. The second-order valence-electron chi connectivity index (χ2n) is 6.09. The van der Waals surface area contributed by atoms with Crippen molar-refractivity contribution >= 4 is 34.6 Å². The average molecular weight is 361 g/mol. The molecule has 3 aromatic rings. The van der Waals surface area contributed by atoms with Crippen molar-refractivity contribution in [1.29, 1.82) is 0 Å². The van der Waals surface area contributed by atoms with Gasteiger partial charge in [0.1, 0.15) is 0 Å². The fraction of sp³-hybridized carbons (Fsp3) is 0.0952. The van der Waals surface area contributed by atoms with Crippen molar-refractivity contribution in [3.63, 3.8) is 0 Å². The first-order valence-electron chi connectivity index (χ1n) is 8.46. The monoisotopic (exact) mass is 361 g/mol. The van der Waals surface area contributed by atoms with Gasteiger partial charge in [0, 0.05) is 23.1 Å². The van der Waals surface area contributed by atoms with Crippen molar-refractivity contribution in [2.45, 2.75) is 12.8 Å². The molecule has 0 bridgehead atoms. The van der Waals surface area contributed by atoms with Gasteiger partial charge in [0.15, 0.2) is 0 Å². The van der Waals surface area contributed by atoms with E-state index in [2.05, 4.69) is 10.3 Å². The Bertz CT molecular complexity index is 992. The number of aliphatic imine (C=N–C) groups is 1. The molecular formula is C21H19N3O3. The quantitative estimate of drug-likeness (QED) is 0.366. The van der Waals surface area contributed by atoms with E-state index in [1.54, 1.807) is 36.0 Å². The zero-order valence-electron chi connectivity index (χ0n) is 14.7. The van der Waals surface area contributed by atoms with Crippen molar-refractivity contribution in [3.05, 3.63) is 77.9 Å². The Kier molecular flexibility index (Phi) is 5.58. The number of amides is 3. The third-order valence-corrected chi connectivity index (χ3v) is 4.25. The summed E-state index contributed by atoms with van der Waals surface area (Å²) in [6.45, 7) is 1.90. The minimum Gasteiger partial charge on any atom is -0.305 e. The standard InChI is InChI=1S/C21H19N3O3/c1-14(15-9-11-17(12-10-15)20(25)24-27)13-22-21(26)23-19-8-4-6-16-5-2-3-7-18(16)19/h2-14,27H,1H3,(H,23,26)(H,24,25). The van der Waals surface area contributed by atoms with E-state index in [9.17, 15) is 9.59 Å². The van der Waals surface area contributed by atoms with Gasteiger partial charge in [-0.1, -0.05) is 55.5 Å². The van der Waals surface area contributed by atoms with Crippen molar-refractivity contribution < 1.29 is 14.8 Å². The van der Waals surface area contributed by atoms with Crippen LogP contribution in [0.15, 0.2) is 71.7 Å². The highest BCUT2D eigenvalue weighted by Crippen LogP contribution is 2.23. The molecule has 3 N–H and O–H groups in total. The molecule has 136 valence electrons. The summed E-state index contributed by atoms with van der Waals surface area (Å²) in [7, 11) is 0. The largest absolute Gasteiger partial charge is 0.345 e. The summed E-state index contributed by atoms with van der Waals surface area (Å²) in [5.41, 5.74) is 3.54. The van der Waals surface area contributed by atoms with Crippen LogP contribution in [0.3, 0.4) is 0 Å². The lowest BCUT2D eigenvalue weighted by molar-refractivity contribution is 0.0706. The molecule has 6 nitrogen and oxygen atoms in total. The third-order valence-electron chi connectivity index (χ3n) is 4.25. The maximum absolute atomic E-state index is 12.2. The number of urea groups is 1. The number of hydrogen-bond acceptors (Lipinski definition) is 3. The summed E-state index contributed by atoms with van der Waals surface area (Å²) in [6, 6.07) is 19.8. The molecule has 0 radical (unpaired) electrons. The number of nitrogens with zero attached hydrogens (tertiary/aromatic N) is 1. The van der Waals surface area contributed by atoms with Crippen molar-refractivity contribution in [2.75, 3.05) is 5.32 Å². The molecule has 0 aliphatic rings. The number of benzene rings is 3. The van der Waals surface area contributed by atoms with Gasteiger partial charge in [-0.25, -0.2) is 15.3 Å². The first kappa shape index (κ1) is 18.3. The van der Waals surface area contributed by atoms with Crippen molar-refractivity contribution in [1.82, 2.24) is 5.48 Å². The lowest BCUT2D eigenvalue weighted by atomic mass is 10.0. The molecule has 0 saturated carbocycles. The van der Waals surface area contributed by atoms with Gasteiger partial charge in [-0.2, -0.15) is 0 Å². The SMILES string of the molecule is CC(C=NC(=O)Nc1cccc2ccccc12)c1ccc(C(=O)NO)cc1. The highest BCUT2D eigenvalue weighted by molar-refractivity contribution is 6.03. The lowest BCUT2D eigenvalue weighted by Crippen LogP contribution is -2.18. The van der Waals surface area contributed by atoms with Crippen LogP contribution >= 0.6 is 0 Å². The number of carbonyl (C=O) groups is 2. The van der Waals surface area contributed by atoms with E-state index < -0.39 is 11.9 Å². The molecule has 0 spiro atoms. The summed E-state index contributed by atoms with van der Waals surface area (Å²) in [5, 5.41) is 13.4. The molecular weight excluding hydrogens is 342 g/mol. The highest BCUT2D eigenvalue weighted by Gasteiger charge is 2.08. The van der Waals surface area contributed by atoms with Crippen molar-refractivity contribution in [2.24, 2.45) is 4.99 Å². The number of hydroxylamine groups is 1. The first-order chi connectivity index (χ1) is 13.1. The Morgan fingerprint density at radius 3 is 2.44 bits per heavy atom. The second-order valence-corrected chi connectivity index (χ2v) is 6.09. The zero-order valence-corrected chi connectivity index (χ0v) is 14.7. The summed E-state index contributed by atoms with van der Waals surface area (Å²) < 4.78 is 0. The number of carbonyl (C=O) groups excluding carboxylic acids is 2. The van der Waals surface area contributed by atoms with Crippen molar-refractivity contribution in [3.8, 4) is 0 Å². The Labute approximate surface area is 156 Å². The first-order valence-corrected chi connectivity index (χ1v) is 8.46. The maximum atomic E-state index is 12.2. The van der Waals surface area contributed by atoms with Crippen LogP contribution in [0, 0.1) is 0 Å². The summed E-state index contributed by atoms with van der Waals surface area (Å²) in [5.74, 6) is -0.688. The molecule has 3 rings (SSSR count). The van der Waals surface area contributed by atoms with E-state index in [1.165, 1.54) is 0 Å². The fourth-order valence-corrected chi connectivity index (χ4v) is 2.75. The fourth-order valence-electron chi connectivity index (χ4n) is 2.75. The summed E-state index contributed by atoms with van der Waals surface area (Å²) >= 11 is 0. The molecule has 0 aromatic heterocycles. The number of nitrogens with one attached hydrogen (secondary N) is 2. The minimum absolute atomic E-state index is 0.116. The van der Waals surface area contributed by atoms with Crippen LogP contribution in [-0.2, 0) is 0 Å². The van der Waals surface area contributed by atoms with E-state index >= 15 is 0 Å². The molecule has 3 amide bonds. The smallest absolute Gasteiger partial charge is 0.305 e. The normalized spacial score (nSPS) is 12.1. The molecule has 3 aromatic carbocycles. The molecule has 0 heterocycles. The Morgan fingerprint density at radius 2 is 1.70 bits per heavy atom. The average Bonchev–Trinajstić information content (AvgIpc) is 2.72. The van der Waals surface area contributed by atoms with Gasteiger partial charge in [0.25, 0.3) is 5.91 Å². The maximum Gasteiger partial charge on any atom is 0.345 e. The number of fused-ring (bicyclic) bond motifs is 1. The van der Waals surface area contributed by atoms with Gasteiger partial charge in [-0.3, -0.25) is 10.0 Å². The topological polar surface area (TPSA) is 90.8 Å². The zero-order chi connectivity index (χ0) is 19.2. The molecule has 1 unspecified atom stereocenters. The Morgan fingerprint density at radius 1 is 1.00 bits per heavy atom. The predicted molar refractivity (Wildman–Crippen MR) is 106 cm³/mol. The van der Waals surface area contributed by atoms with Gasteiger partial charge in [-0.15, -0.1) is 0 Å². The number of hydrogen-bond donors (Lipinski definition) is 3. The lowest BCUT2D eigenvalue weighted by Gasteiger charge is -2.08. The van der Waals surface area contributed by atoms with Gasteiger partial charge in [0.2, 0.25) is 0 Å². The van der Waals surface area contributed by atoms with E-state index in [1.807, 2.05) is 49.4 Å². The summed E-state index contributed by atoms with van der Waals surface area (Å²) in [6.07, 6.45) is 1.56. The molecule has 6 heteroatoms. The number of rotatable bonds is 4. The Balaban J connectivity index is 1.68. The number of anilines is 1. The van der Waals surface area contributed by atoms with Gasteiger partial charge in [-0.05, 0) is 29.1 Å². The van der Waals surface area contributed by atoms with Crippen LogP contribution in [0.5, 0.6) is 0 Å². The van der Waals surface area contributed by atoms with E-state index in [4.69, 9.17) is 5.21 Å². The van der Waals surface area contributed by atoms with Crippen LogP contribution < -0.4 is 10.8 Å². The van der Waals surface area contributed by atoms with Crippen LogP contribution in [-0.4, -0.2) is 23.4 Å². The van der Waals surface area contributed by atoms with Crippen LogP contribution in [0.4, 0.5) is 10.5 Å². The molecule has 27 heavy (non-hydrogen) atoms. The molecule has 1 atom stereocenters. The van der Waals surface area contributed by atoms with Gasteiger partial charge >= 0.3 is 6.03 Å². The molecule has 0 saturated heterocycles. The van der Waals surface area contributed by atoms with Crippen LogP contribution in [0.25, 0.3) is 10.8 Å². The predicted octanol–water partition coefficient (Wildman–Crippen LogP) is 4.37. The van der Waals surface area contributed by atoms with Gasteiger partial charge in [0.05, 0.1) is 5.69 Å². The third kappa shape index (κ3) is 4.37. The van der Waals surface area contributed by atoms with E-state index in [0.717, 1.165) is 16.3 Å². The van der Waals surface area contributed by atoms with E-state index in [-0.39, 0.29) is 5.92 Å². The van der Waals surface area contributed by atoms with Crippen LogP contribution in [0.2, 0.25) is 0 Å². The second kappa shape index (κ2) is 8.25. The Hall–Kier alpha value is -3.51. The molecule has 0 aliphatic carbocycles.